The van der Waals surface area contributed by atoms with Crippen molar-refractivity contribution in [2.24, 2.45) is 5.73 Å². The fourth-order valence-corrected chi connectivity index (χ4v) is 1.70. The fourth-order valence-electron chi connectivity index (χ4n) is 1.09. The Balaban J connectivity index is 3.24. The number of aromatic hydroxyl groups is 1. The third-order valence-electron chi connectivity index (χ3n) is 1.90. The monoisotopic (exact) mass is 257 g/mol. The minimum absolute atomic E-state index is 0.0907. The summed E-state index contributed by atoms with van der Waals surface area (Å²) in [5.41, 5.74) is 7.12. The summed E-state index contributed by atoms with van der Waals surface area (Å²) in [6.45, 7) is 4.18. The molecule has 76 valence electrons. The van der Waals surface area contributed by atoms with E-state index in [1.54, 1.807) is 12.1 Å². The number of benzene rings is 1. The van der Waals surface area contributed by atoms with Crippen molar-refractivity contribution in [3.8, 4) is 11.5 Å². The Morgan fingerprint density at radius 2 is 2.29 bits per heavy atom. The smallest absolute Gasteiger partial charge is 0.161 e. The van der Waals surface area contributed by atoms with Gasteiger partial charge in [-0.05, 0) is 23.3 Å². The second-order valence-corrected chi connectivity index (χ2v) is 3.67. The van der Waals surface area contributed by atoms with E-state index < -0.39 is 0 Å². The number of nitrogens with two attached hydrogens (primary N) is 1. The maximum absolute atomic E-state index is 9.45. The van der Waals surface area contributed by atoms with E-state index >= 15 is 0 Å². The molecule has 0 unspecified atom stereocenters. The second-order valence-electron chi connectivity index (χ2n) is 2.81. The van der Waals surface area contributed by atoms with Crippen molar-refractivity contribution >= 4 is 21.5 Å². The molecular formula is C10H12BrNO2. The van der Waals surface area contributed by atoms with Gasteiger partial charge >= 0.3 is 0 Å². The fraction of sp³-hybridized carbons (Fsp3) is 0.200. The van der Waals surface area contributed by atoms with Crippen molar-refractivity contribution < 1.29 is 9.84 Å². The van der Waals surface area contributed by atoms with E-state index in [2.05, 4.69) is 22.5 Å². The summed E-state index contributed by atoms with van der Waals surface area (Å²) in [4.78, 5) is 0. The summed E-state index contributed by atoms with van der Waals surface area (Å²) in [6, 6.07) is 3.27. The van der Waals surface area contributed by atoms with Crippen LogP contribution in [0.1, 0.15) is 5.56 Å². The molecule has 0 radical (unpaired) electrons. The van der Waals surface area contributed by atoms with Crippen molar-refractivity contribution in [1.29, 1.82) is 0 Å². The lowest BCUT2D eigenvalue weighted by atomic mass is 10.1. The summed E-state index contributed by atoms with van der Waals surface area (Å²) < 4.78 is 5.74. The molecule has 1 rings (SSSR count). The maximum atomic E-state index is 9.45. The Morgan fingerprint density at radius 1 is 1.64 bits per heavy atom. The molecular weight excluding hydrogens is 246 g/mol. The van der Waals surface area contributed by atoms with E-state index in [9.17, 15) is 5.11 Å². The summed E-state index contributed by atoms with van der Waals surface area (Å²) >= 11 is 3.32. The second kappa shape index (κ2) is 4.48. The van der Waals surface area contributed by atoms with Gasteiger partial charge in [0.15, 0.2) is 11.5 Å². The van der Waals surface area contributed by atoms with E-state index in [1.807, 2.05) is 0 Å². The van der Waals surface area contributed by atoms with Gasteiger partial charge in [0.25, 0.3) is 0 Å². The highest BCUT2D eigenvalue weighted by Gasteiger charge is 2.09. The molecule has 0 heterocycles. The summed E-state index contributed by atoms with van der Waals surface area (Å²) in [6.07, 6.45) is 0. The van der Waals surface area contributed by atoms with Crippen LogP contribution in [0.25, 0.3) is 5.57 Å². The molecule has 0 aliphatic rings. The Morgan fingerprint density at radius 3 is 2.79 bits per heavy atom. The van der Waals surface area contributed by atoms with Gasteiger partial charge in [-0.3, -0.25) is 0 Å². The zero-order valence-electron chi connectivity index (χ0n) is 7.88. The Kier molecular flexibility index (Phi) is 3.55. The molecule has 0 amide bonds. The summed E-state index contributed by atoms with van der Waals surface area (Å²) in [5, 5.41) is 9.45. The van der Waals surface area contributed by atoms with Crippen LogP contribution in [-0.4, -0.2) is 18.8 Å². The van der Waals surface area contributed by atoms with Crippen molar-refractivity contribution in [3.05, 3.63) is 28.7 Å². The molecule has 3 N–H and O–H groups in total. The van der Waals surface area contributed by atoms with Gasteiger partial charge in [0.1, 0.15) is 0 Å². The molecule has 0 aliphatic heterocycles. The normalized spacial score (nSPS) is 9.93. The standard InChI is InChI=1S/C10H12BrNO2/c1-6(5-12)7-3-10(14-2)9(13)4-8(7)11/h3-4,13H,1,5,12H2,2H3. The molecule has 0 aromatic heterocycles. The third kappa shape index (κ3) is 2.08. The molecule has 0 aliphatic carbocycles. The van der Waals surface area contributed by atoms with E-state index in [-0.39, 0.29) is 5.75 Å². The van der Waals surface area contributed by atoms with E-state index in [4.69, 9.17) is 10.5 Å². The first-order valence-electron chi connectivity index (χ1n) is 4.05. The van der Waals surface area contributed by atoms with Gasteiger partial charge in [-0.15, -0.1) is 0 Å². The number of hydrogen-bond donors (Lipinski definition) is 2. The zero-order valence-corrected chi connectivity index (χ0v) is 9.47. The average molecular weight is 258 g/mol. The number of hydrogen-bond acceptors (Lipinski definition) is 3. The summed E-state index contributed by atoms with van der Waals surface area (Å²) in [7, 11) is 1.50. The molecule has 4 heteroatoms. The zero-order chi connectivity index (χ0) is 10.7. The van der Waals surface area contributed by atoms with Crippen molar-refractivity contribution in [1.82, 2.24) is 0 Å². The third-order valence-corrected chi connectivity index (χ3v) is 2.55. The van der Waals surface area contributed by atoms with Crippen LogP contribution in [-0.2, 0) is 0 Å². The van der Waals surface area contributed by atoms with Crippen molar-refractivity contribution in [2.75, 3.05) is 13.7 Å². The first kappa shape index (κ1) is 11.1. The first-order chi connectivity index (χ1) is 6.60. The average Bonchev–Trinajstić information content (AvgIpc) is 2.17. The highest BCUT2D eigenvalue weighted by atomic mass is 79.9. The van der Waals surface area contributed by atoms with Crippen LogP contribution in [0.4, 0.5) is 0 Å². The quantitative estimate of drug-likeness (QED) is 0.873. The SMILES string of the molecule is C=C(CN)c1cc(OC)c(O)cc1Br. The topological polar surface area (TPSA) is 55.5 Å². The predicted molar refractivity (Wildman–Crippen MR) is 60.4 cm³/mol. The molecule has 0 fully saturated rings. The molecule has 1 aromatic carbocycles. The van der Waals surface area contributed by atoms with Crippen LogP contribution < -0.4 is 10.5 Å². The Hall–Kier alpha value is -1.00. The molecule has 14 heavy (non-hydrogen) atoms. The maximum Gasteiger partial charge on any atom is 0.161 e. The lowest BCUT2D eigenvalue weighted by molar-refractivity contribution is 0.373. The van der Waals surface area contributed by atoms with E-state index in [0.717, 1.165) is 15.6 Å². The van der Waals surface area contributed by atoms with Crippen LogP contribution in [0.2, 0.25) is 0 Å². The van der Waals surface area contributed by atoms with E-state index in [1.165, 1.54) is 7.11 Å². The van der Waals surface area contributed by atoms with Gasteiger partial charge in [0.05, 0.1) is 7.11 Å². The first-order valence-corrected chi connectivity index (χ1v) is 4.84. The lowest BCUT2D eigenvalue weighted by Crippen LogP contribution is -2.01. The number of rotatable bonds is 3. The van der Waals surface area contributed by atoms with Gasteiger partial charge in [-0.25, -0.2) is 0 Å². The molecule has 3 nitrogen and oxygen atoms in total. The molecule has 0 spiro atoms. The minimum Gasteiger partial charge on any atom is -0.504 e. The number of ether oxygens (including phenoxy) is 1. The molecule has 0 saturated carbocycles. The Labute approximate surface area is 91.3 Å². The molecule has 1 aromatic rings. The van der Waals surface area contributed by atoms with Gasteiger partial charge in [0.2, 0.25) is 0 Å². The van der Waals surface area contributed by atoms with Crippen LogP contribution in [0.5, 0.6) is 11.5 Å². The van der Waals surface area contributed by atoms with Crippen molar-refractivity contribution in [2.45, 2.75) is 0 Å². The molecule has 0 bridgehead atoms. The van der Waals surface area contributed by atoms with Gasteiger partial charge in [-0.2, -0.15) is 0 Å². The molecule has 0 atom stereocenters. The highest BCUT2D eigenvalue weighted by molar-refractivity contribution is 9.10. The number of phenolic OH excluding ortho intramolecular Hbond substituents is 1. The van der Waals surface area contributed by atoms with Gasteiger partial charge < -0.3 is 15.6 Å². The van der Waals surface area contributed by atoms with Crippen LogP contribution in [0.3, 0.4) is 0 Å². The molecule has 0 saturated heterocycles. The number of halogens is 1. The summed E-state index contributed by atoms with van der Waals surface area (Å²) in [5.74, 6) is 0.505. The lowest BCUT2D eigenvalue weighted by Gasteiger charge is -2.10. The predicted octanol–water partition coefficient (Wildman–Crippen LogP) is 2.14. The highest BCUT2D eigenvalue weighted by Crippen LogP contribution is 2.34. The number of methoxy groups -OCH3 is 1. The van der Waals surface area contributed by atoms with E-state index in [0.29, 0.717) is 12.3 Å². The van der Waals surface area contributed by atoms with Crippen LogP contribution in [0.15, 0.2) is 23.2 Å². The largest absolute Gasteiger partial charge is 0.504 e. The minimum atomic E-state index is 0.0907. The van der Waals surface area contributed by atoms with Gasteiger partial charge in [0, 0.05) is 11.0 Å². The Bertz CT molecular complexity index is 363. The van der Waals surface area contributed by atoms with Gasteiger partial charge in [-0.1, -0.05) is 22.5 Å². The van der Waals surface area contributed by atoms with Crippen molar-refractivity contribution in [3.63, 3.8) is 0 Å². The number of phenols is 1. The van der Waals surface area contributed by atoms with Crippen LogP contribution >= 0.6 is 15.9 Å². The van der Waals surface area contributed by atoms with Crippen LogP contribution in [0, 0.1) is 0 Å².